The van der Waals surface area contributed by atoms with Crippen molar-refractivity contribution in [1.82, 2.24) is 19.6 Å². The first kappa shape index (κ1) is 67.7. The number of nitriles is 4. The van der Waals surface area contributed by atoms with Crippen LogP contribution < -0.4 is 0 Å². The van der Waals surface area contributed by atoms with E-state index in [1.54, 1.807) is 76.8 Å². The van der Waals surface area contributed by atoms with E-state index in [1.807, 2.05) is 72.1 Å². The topological polar surface area (TPSA) is 250 Å². The van der Waals surface area contributed by atoms with E-state index in [2.05, 4.69) is 26.2 Å². The molecule has 1 aliphatic rings. The van der Waals surface area contributed by atoms with E-state index in [4.69, 9.17) is 35.4 Å². The second-order valence-corrected chi connectivity index (χ2v) is 32.6. The highest BCUT2D eigenvalue weighted by Crippen LogP contribution is 2.39. The number of carbonyl (C=O) groups is 4. The quantitative estimate of drug-likeness (QED) is 0.0156. The summed E-state index contributed by atoms with van der Waals surface area (Å²) in [6, 6.07) is 9.95. The van der Waals surface area contributed by atoms with Crippen molar-refractivity contribution < 1.29 is 54.6 Å². The van der Waals surface area contributed by atoms with Gasteiger partial charge in [-0.1, -0.05) is 0 Å². The molecule has 24 heteroatoms. The number of allylic oxidation sites excluding steroid dienone is 8. The molecule has 1 rings (SSSR count). The smallest absolute Gasteiger partial charge is 0.348 e. The summed E-state index contributed by atoms with van der Waals surface area (Å²) >= 11 is 0. The number of carbonyl (C=O) groups excluding carboxylic acids is 4. The number of esters is 4. The van der Waals surface area contributed by atoms with Gasteiger partial charge in [-0.2, -0.15) is 21.0 Å². The van der Waals surface area contributed by atoms with Crippen LogP contribution in [-0.2, 0) is 54.6 Å². The summed E-state index contributed by atoms with van der Waals surface area (Å²) in [4.78, 5) is 56.4. The van der Waals surface area contributed by atoms with Crippen LogP contribution in [0, 0.1) is 45.3 Å². The van der Waals surface area contributed by atoms with Crippen LogP contribution in [0.4, 0.5) is 0 Å². The molecule has 0 aromatic rings. The molecule has 0 atom stereocenters. The average molecular weight is 1120 g/mol. The number of ether oxygens (including phenoxy) is 4. The third kappa shape index (κ3) is 26.9. The van der Waals surface area contributed by atoms with Gasteiger partial charge in [-0.25, -0.2) is 19.2 Å². The molecule has 0 amide bonds. The fourth-order valence-electron chi connectivity index (χ4n) is 7.80. The predicted molar refractivity (Wildman–Crippen MR) is 297 cm³/mol. The van der Waals surface area contributed by atoms with Crippen LogP contribution in [0.1, 0.15) is 53.4 Å². The van der Waals surface area contributed by atoms with E-state index < -0.39 is 58.1 Å². The Morgan fingerprint density at radius 3 is 0.737 bits per heavy atom. The highest BCUT2D eigenvalue weighted by atomic mass is 28.5. The highest BCUT2D eigenvalue weighted by molar-refractivity contribution is 6.93. The lowest BCUT2D eigenvalue weighted by atomic mass is 10.3. The van der Waals surface area contributed by atoms with Gasteiger partial charge in [0.1, 0.15) is 46.6 Å². The van der Waals surface area contributed by atoms with Crippen molar-refractivity contribution in [2.24, 2.45) is 0 Å². The Morgan fingerprint density at radius 2 is 0.579 bits per heavy atom. The van der Waals surface area contributed by atoms with Crippen molar-refractivity contribution in [3.05, 3.63) is 95.7 Å². The minimum atomic E-state index is -3.12. The molecular formula is C52H80N8O12Si4. The van der Waals surface area contributed by atoms with Crippen molar-refractivity contribution in [2.75, 3.05) is 80.8 Å². The maximum absolute atomic E-state index is 12.1. The average Bonchev–Trinajstić information content (AvgIpc) is 3.33. The maximum atomic E-state index is 12.1. The molecule has 1 fully saturated rings. The molecule has 0 aliphatic carbocycles. The second kappa shape index (κ2) is 35.8. The molecule has 0 unspecified atom stereocenters. The van der Waals surface area contributed by atoms with Crippen molar-refractivity contribution in [2.45, 2.75) is 104 Å². The summed E-state index contributed by atoms with van der Waals surface area (Å²) < 4.78 is 49.7. The predicted octanol–water partition coefficient (Wildman–Crippen LogP) is 7.75. The highest BCUT2D eigenvalue weighted by Gasteiger charge is 2.56. The van der Waals surface area contributed by atoms with Crippen LogP contribution in [0.2, 0.25) is 50.4 Å². The number of nitrogens with zero attached hydrogens (tertiary/aromatic N) is 8. The van der Waals surface area contributed by atoms with Gasteiger partial charge in [-0.15, -0.1) is 0 Å². The normalized spacial score (nSPS) is 21.5. The van der Waals surface area contributed by atoms with E-state index in [1.165, 1.54) is 24.3 Å². The minimum Gasteiger partial charge on any atom is -0.462 e. The van der Waals surface area contributed by atoms with Crippen LogP contribution in [0.15, 0.2) is 95.7 Å². The first-order valence-corrected chi connectivity index (χ1v) is 35.6. The number of hydrogen-bond donors (Lipinski definition) is 0. The van der Waals surface area contributed by atoms with Gasteiger partial charge in [-0.05, 0) is 177 Å². The minimum absolute atomic E-state index is 0.103. The molecule has 416 valence electrons. The molecule has 0 saturated carbocycles. The van der Waals surface area contributed by atoms with Gasteiger partial charge in [0.2, 0.25) is 0 Å². The van der Waals surface area contributed by atoms with Gasteiger partial charge in [0, 0.05) is 54.4 Å². The second-order valence-electron chi connectivity index (χ2n) is 18.3. The Balaban J connectivity index is 3.69. The van der Waals surface area contributed by atoms with Crippen LogP contribution in [0.25, 0.3) is 0 Å². The maximum Gasteiger partial charge on any atom is 0.348 e. The standard InChI is InChI=1S/C52H80N8O12Si4/c1-13-65-49(61)45(41-53)25-17-29-57(5)33-21-37-73(9)69-74(10,38-22-34-58(6)30-18-26-46(42-54)50(62)66-14-2)71-76(12,40-24-36-60(8)32-20-28-48(44-56)52(64)68-16-4)72-75(11,70-73)39-23-35-59(7)31-19-27-47(43-55)51(63)67-15-3/h17-20,25-32H,13-16,21-24,33-40H2,1-12H3. The molecule has 1 aliphatic heterocycles. The third-order valence-electron chi connectivity index (χ3n) is 11.2. The Kier molecular flexibility index (Phi) is 31.9. The number of hydrogen-bond acceptors (Lipinski definition) is 20. The van der Waals surface area contributed by atoms with E-state index in [0.717, 1.165) is 0 Å². The van der Waals surface area contributed by atoms with Crippen LogP contribution in [0.5, 0.6) is 0 Å². The molecule has 0 bridgehead atoms. The van der Waals surface area contributed by atoms with E-state index in [-0.39, 0.29) is 48.7 Å². The van der Waals surface area contributed by atoms with Crippen molar-refractivity contribution >= 4 is 58.1 Å². The molecule has 1 saturated heterocycles. The Labute approximate surface area is 456 Å². The van der Waals surface area contributed by atoms with Gasteiger partial charge in [0.15, 0.2) is 0 Å². The summed E-state index contributed by atoms with van der Waals surface area (Å²) in [6.45, 7) is 18.1. The molecule has 0 aromatic carbocycles. The van der Waals surface area contributed by atoms with Crippen LogP contribution >= 0.6 is 0 Å². The van der Waals surface area contributed by atoms with Gasteiger partial charge in [-0.3, -0.25) is 0 Å². The Morgan fingerprint density at radius 1 is 0.395 bits per heavy atom. The van der Waals surface area contributed by atoms with E-state index in [9.17, 15) is 40.2 Å². The molecular weight excluding hydrogens is 1040 g/mol. The van der Waals surface area contributed by atoms with Crippen molar-refractivity contribution in [1.29, 1.82) is 21.0 Å². The summed E-state index contributed by atoms with van der Waals surface area (Å²) in [5.74, 6) is -2.74. The number of rotatable bonds is 32. The molecule has 0 aromatic heterocycles. The van der Waals surface area contributed by atoms with Gasteiger partial charge >= 0.3 is 58.1 Å². The van der Waals surface area contributed by atoms with E-state index in [0.29, 0.717) is 76.0 Å². The monoisotopic (exact) mass is 1120 g/mol. The fraction of sp³-hybridized carbons (Fsp3) is 0.538. The first-order chi connectivity index (χ1) is 36.0. The SMILES string of the molecule is CCOC(=O)C(C#N)=CC=CN(C)CCC[Si]1(C)O[Si](C)(CCCN(C)C=CC=C(C#N)C(=O)OCC)O[Si](C)(CCCN(C)C=CC=C(C#N)C(=O)OCC)O[Si](C)(CCCN(C)C=CC=C(C#N)C(=O)OCC)O1. The van der Waals surface area contributed by atoms with Gasteiger partial charge < -0.3 is 55.0 Å². The first-order valence-electron chi connectivity index (χ1n) is 25.5. The zero-order valence-electron chi connectivity index (χ0n) is 46.7. The molecule has 1 heterocycles. The van der Waals surface area contributed by atoms with E-state index >= 15 is 0 Å². The zero-order chi connectivity index (χ0) is 57.2. The Hall–Kier alpha value is -6.33. The third-order valence-corrected chi connectivity index (χ3v) is 30.0. The lowest BCUT2D eigenvalue weighted by Gasteiger charge is -2.50. The fourth-order valence-corrected chi connectivity index (χ4v) is 31.0. The summed E-state index contributed by atoms with van der Waals surface area (Å²) in [5, 5.41) is 37.9. The lowest BCUT2D eigenvalue weighted by Crippen LogP contribution is -2.67. The van der Waals surface area contributed by atoms with Gasteiger partial charge in [0.25, 0.3) is 0 Å². The zero-order valence-corrected chi connectivity index (χ0v) is 50.7. The molecule has 0 N–H and O–H groups in total. The summed E-state index contributed by atoms with van der Waals surface area (Å²) in [5.41, 5.74) is -0.413. The van der Waals surface area contributed by atoms with Crippen LogP contribution in [-0.4, -0.2) is 159 Å². The van der Waals surface area contributed by atoms with Crippen LogP contribution in [0.3, 0.4) is 0 Å². The van der Waals surface area contributed by atoms with Crippen molar-refractivity contribution in [3.63, 3.8) is 0 Å². The molecule has 76 heavy (non-hydrogen) atoms. The van der Waals surface area contributed by atoms with Crippen molar-refractivity contribution in [3.8, 4) is 24.3 Å². The molecule has 0 radical (unpaired) electrons. The lowest BCUT2D eigenvalue weighted by molar-refractivity contribution is -0.138. The largest absolute Gasteiger partial charge is 0.462 e. The summed E-state index contributed by atoms with van der Waals surface area (Å²) in [6.07, 6.45) is 22.1. The molecule has 0 spiro atoms. The van der Waals surface area contributed by atoms with Gasteiger partial charge in [0.05, 0.1) is 26.4 Å². The molecule has 20 nitrogen and oxygen atoms in total. The summed E-state index contributed by atoms with van der Waals surface area (Å²) in [7, 11) is -4.88. The Bertz CT molecular complexity index is 2020.